The lowest BCUT2D eigenvalue weighted by Gasteiger charge is -2.23. The molecule has 0 bridgehead atoms. The molecule has 1 heterocycles. The van der Waals surface area contributed by atoms with E-state index in [0.29, 0.717) is 26.2 Å². The van der Waals surface area contributed by atoms with Gasteiger partial charge in [0, 0.05) is 26.6 Å². The molecule has 1 saturated heterocycles. The molecular weight excluding hydrogens is 212 g/mol. The van der Waals surface area contributed by atoms with Crippen molar-refractivity contribution >= 4 is 12.0 Å². The van der Waals surface area contributed by atoms with Gasteiger partial charge in [0.1, 0.15) is 0 Å². The van der Waals surface area contributed by atoms with Crippen LogP contribution in [0.25, 0.3) is 0 Å². The summed E-state index contributed by atoms with van der Waals surface area (Å²) in [6.45, 7) is 1.67. The fourth-order valence-corrected chi connectivity index (χ4v) is 1.55. The van der Waals surface area contributed by atoms with E-state index < -0.39 is 5.97 Å². The van der Waals surface area contributed by atoms with E-state index in [4.69, 9.17) is 9.84 Å². The third kappa shape index (κ3) is 4.06. The minimum atomic E-state index is -0.841. The number of nitrogens with one attached hydrogen (secondary N) is 1. The van der Waals surface area contributed by atoms with Crippen LogP contribution < -0.4 is 5.32 Å². The van der Waals surface area contributed by atoms with Crippen molar-refractivity contribution in [1.82, 2.24) is 10.2 Å². The highest BCUT2D eigenvalue weighted by molar-refractivity contribution is 5.74. The van der Waals surface area contributed by atoms with Crippen molar-refractivity contribution in [2.45, 2.75) is 25.3 Å². The van der Waals surface area contributed by atoms with Gasteiger partial charge in [-0.3, -0.25) is 4.79 Å². The molecule has 0 aliphatic carbocycles. The Kier molecular flexibility index (Phi) is 5.04. The van der Waals surface area contributed by atoms with Gasteiger partial charge in [-0.15, -0.1) is 0 Å². The van der Waals surface area contributed by atoms with Crippen LogP contribution in [0, 0.1) is 0 Å². The number of nitrogens with zero attached hydrogens (tertiary/aromatic N) is 1. The fourth-order valence-electron chi connectivity index (χ4n) is 1.55. The van der Waals surface area contributed by atoms with E-state index >= 15 is 0 Å². The smallest absolute Gasteiger partial charge is 0.317 e. The molecular formula is C10H18N2O4. The minimum absolute atomic E-state index is 0.0799. The Balaban J connectivity index is 2.15. The van der Waals surface area contributed by atoms with Gasteiger partial charge in [0.05, 0.1) is 12.6 Å². The molecule has 0 aromatic rings. The summed E-state index contributed by atoms with van der Waals surface area (Å²) in [7, 11) is 1.73. The van der Waals surface area contributed by atoms with E-state index in [-0.39, 0.29) is 18.5 Å². The van der Waals surface area contributed by atoms with Gasteiger partial charge in [-0.25, -0.2) is 4.79 Å². The number of urea groups is 1. The Morgan fingerprint density at radius 3 is 2.88 bits per heavy atom. The molecule has 1 aliphatic heterocycles. The van der Waals surface area contributed by atoms with Crippen molar-refractivity contribution in [1.29, 1.82) is 0 Å². The van der Waals surface area contributed by atoms with Crippen LogP contribution in [0.3, 0.4) is 0 Å². The van der Waals surface area contributed by atoms with Crippen LogP contribution in [-0.4, -0.2) is 54.9 Å². The minimum Gasteiger partial charge on any atom is -0.481 e. The molecule has 0 spiro atoms. The number of carboxylic acid groups (broad SMARTS) is 1. The summed E-state index contributed by atoms with van der Waals surface area (Å²) in [6, 6.07) is -0.0274. The molecule has 1 atom stereocenters. The number of carbonyl (C=O) groups is 2. The Bertz CT molecular complexity index is 251. The van der Waals surface area contributed by atoms with Crippen LogP contribution in [0.15, 0.2) is 0 Å². The van der Waals surface area contributed by atoms with E-state index in [2.05, 4.69) is 5.32 Å². The van der Waals surface area contributed by atoms with Gasteiger partial charge in [0.25, 0.3) is 0 Å². The van der Waals surface area contributed by atoms with E-state index in [1.165, 1.54) is 0 Å². The van der Waals surface area contributed by atoms with Gasteiger partial charge in [0.15, 0.2) is 0 Å². The summed E-state index contributed by atoms with van der Waals surface area (Å²) in [5, 5.41) is 11.1. The maximum Gasteiger partial charge on any atom is 0.317 e. The first-order valence-corrected chi connectivity index (χ1v) is 5.41. The number of amides is 2. The van der Waals surface area contributed by atoms with Gasteiger partial charge < -0.3 is 20.1 Å². The Hall–Kier alpha value is -1.30. The topological polar surface area (TPSA) is 78.9 Å². The van der Waals surface area contributed by atoms with Gasteiger partial charge >= 0.3 is 12.0 Å². The molecule has 6 nitrogen and oxygen atoms in total. The van der Waals surface area contributed by atoms with Crippen molar-refractivity contribution in [2.75, 3.05) is 26.8 Å². The summed E-state index contributed by atoms with van der Waals surface area (Å²) in [5.41, 5.74) is 0. The standard InChI is InChI=1S/C10H18N2O4/c1-12(8-4-6-16-7-8)10(15)11-5-2-3-9(13)14/h8H,2-7H2,1H3,(H,11,15)(H,13,14). The van der Waals surface area contributed by atoms with Gasteiger partial charge in [-0.1, -0.05) is 0 Å². The van der Waals surface area contributed by atoms with E-state index in [1.807, 2.05) is 0 Å². The lowest BCUT2D eigenvalue weighted by atomic mass is 10.2. The van der Waals surface area contributed by atoms with Gasteiger partial charge in [0.2, 0.25) is 0 Å². The number of carboxylic acids is 1. The molecule has 0 aromatic carbocycles. The number of hydrogen-bond acceptors (Lipinski definition) is 3. The zero-order chi connectivity index (χ0) is 12.0. The van der Waals surface area contributed by atoms with Gasteiger partial charge in [-0.05, 0) is 12.8 Å². The molecule has 1 fully saturated rings. The van der Waals surface area contributed by atoms with Crippen LogP contribution >= 0.6 is 0 Å². The lowest BCUT2D eigenvalue weighted by molar-refractivity contribution is -0.137. The molecule has 0 saturated carbocycles. The number of rotatable bonds is 5. The predicted octanol–water partition coefficient (Wildman–Crippen LogP) is 0.282. The van der Waals surface area contributed by atoms with Crippen molar-refractivity contribution in [2.24, 2.45) is 0 Å². The molecule has 0 aromatic heterocycles. The maximum absolute atomic E-state index is 11.6. The number of ether oxygens (including phenoxy) is 1. The van der Waals surface area contributed by atoms with Crippen LogP contribution in [0.4, 0.5) is 4.79 Å². The fraction of sp³-hybridized carbons (Fsp3) is 0.800. The highest BCUT2D eigenvalue weighted by Crippen LogP contribution is 2.10. The van der Waals surface area contributed by atoms with E-state index in [0.717, 1.165) is 6.42 Å². The third-order valence-corrected chi connectivity index (χ3v) is 2.62. The monoisotopic (exact) mass is 230 g/mol. The SMILES string of the molecule is CN(C(=O)NCCCC(=O)O)C1CCOC1. The van der Waals surface area contributed by atoms with E-state index in [9.17, 15) is 9.59 Å². The van der Waals surface area contributed by atoms with Crippen molar-refractivity contribution in [3.8, 4) is 0 Å². The first-order chi connectivity index (χ1) is 7.61. The Labute approximate surface area is 94.6 Å². The summed E-state index contributed by atoms with van der Waals surface area (Å²) in [4.78, 5) is 23.5. The quantitative estimate of drug-likeness (QED) is 0.665. The van der Waals surface area contributed by atoms with Crippen molar-refractivity contribution in [3.63, 3.8) is 0 Å². The summed E-state index contributed by atoms with van der Waals surface area (Å²) in [5.74, 6) is -0.841. The number of likely N-dealkylation sites (N-methyl/N-ethyl adjacent to an activating group) is 1. The molecule has 16 heavy (non-hydrogen) atoms. The van der Waals surface area contributed by atoms with Crippen molar-refractivity contribution in [3.05, 3.63) is 0 Å². The molecule has 6 heteroatoms. The normalized spacial score (nSPS) is 19.4. The zero-order valence-corrected chi connectivity index (χ0v) is 9.44. The average molecular weight is 230 g/mol. The summed E-state index contributed by atoms with van der Waals surface area (Å²) in [6.07, 6.45) is 1.39. The molecule has 92 valence electrons. The second-order valence-corrected chi connectivity index (χ2v) is 3.86. The van der Waals surface area contributed by atoms with E-state index in [1.54, 1.807) is 11.9 Å². The molecule has 1 aliphatic rings. The number of aliphatic carboxylic acids is 1. The molecule has 1 unspecified atom stereocenters. The van der Waals surface area contributed by atoms with Gasteiger partial charge in [-0.2, -0.15) is 0 Å². The second-order valence-electron chi connectivity index (χ2n) is 3.86. The zero-order valence-electron chi connectivity index (χ0n) is 9.44. The van der Waals surface area contributed by atoms with Crippen LogP contribution in [0.5, 0.6) is 0 Å². The number of hydrogen-bond donors (Lipinski definition) is 2. The first kappa shape index (κ1) is 12.8. The second kappa shape index (κ2) is 6.32. The Morgan fingerprint density at radius 1 is 1.56 bits per heavy atom. The van der Waals surface area contributed by atoms with Crippen LogP contribution in [0.1, 0.15) is 19.3 Å². The highest BCUT2D eigenvalue weighted by Gasteiger charge is 2.23. The molecule has 0 radical (unpaired) electrons. The lowest BCUT2D eigenvalue weighted by Crippen LogP contribution is -2.44. The highest BCUT2D eigenvalue weighted by atomic mass is 16.5. The first-order valence-electron chi connectivity index (χ1n) is 5.41. The predicted molar refractivity (Wildman–Crippen MR) is 57.3 cm³/mol. The van der Waals surface area contributed by atoms with Crippen LogP contribution in [-0.2, 0) is 9.53 Å². The molecule has 2 N–H and O–H groups in total. The Morgan fingerprint density at radius 2 is 2.31 bits per heavy atom. The largest absolute Gasteiger partial charge is 0.481 e. The van der Waals surface area contributed by atoms with Crippen LogP contribution in [0.2, 0.25) is 0 Å². The third-order valence-electron chi connectivity index (χ3n) is 2.62. The molecule has 1 rings (SSSR count). The average Bonchev–Trinajstić information content (AvgIpc) is 2.76. The molecule has 2 amide bonds. The summed E-state index contributed by atoms with van der Waals surface area (Å²) < 4.78 is 5.19. The summed E-state index contributed by atoms with van der Waals surface area (Å²) >= 11 is 0. The number of carbonyl (C=O) groups excluding carboxylic acids is 1. The van der Waals surface area contributed by atoms with Crippen molar-refractivity contribution < 1.29 is 19.4 Å². The maximum atomic E-state index is 11.6.